The van der Waals surface area contributed by atoms with Gasteiger partial charge in [0.25, 0.3) is 0 Å². The second-order valence-electron chi connectivity index (χ2n) is 11.1. The normalized spacial score (nSPS) is 26.8. The minimum absolute atomic E-state index is 0.245. The summed E-state index contributed by atoms with van der Waals surface area (Å²) < 4.78 is 14.4. The number of aryl methyl sites for hydroxylation is 1. The van der Waals surface area contributed by atoms with E-state index in [0.717, 1.165) is 37.0 Å². The zero-order valence-corrected chi connectivity index (χ0v) is 21.2. The lowest BCUT2D eigenvalue weighted by atomic mass is 9.67. The van der Waals surface area contributed by atoms with Crippen LogP contribution in [0.25, 0.3) is 0 Å². The fourth-order valence-corrected chi connectivity index (χ4v) is 6.67. The van der Waals surface area contributed by atoms with Crippen LogP contribution >= 0.6 is 0 Å². The first-order valence-electron chi connectivity index (χ1n) is 14.0. The zero-order valence-electron chi connectivity index (χ0n) is 21.2. The summed E-state index contributed by atoms with van der Waals surface area (Å²) >= 11 is 0. The maximum atomic E-state index is 14.4. The summed E-state index contributed by atoms with van der Waals surface area (Å²) in [6.07, 6.45) is 19.7. The molecule has 1 aromatic carbocycles. The van der Waals surface area contributed by atoms with Crippen molar-refractivity contribution in [2.45, 2.75) is 122 Å². The van der Waals surface area contributed by atoms with Crippen molar-refractivity contribution in [3.05, 3.63) is 35.1 Å². The van der Waals surface area contributed by atoms with E-state index in [9.17, 15) is 14.3 Å². The Morgan fingerprint density at radius 1 is 0.909 bits per heavy atom. The first kappa shape index (κ1) is 26.2. The van der Waals surface area contributed by atoms with Gasteiger partial charge in [0.15, 0.2) is 0 Å². The summed E-state index contributed by atoms with van der Waals surface area (Å²) in [5, 5.41) is 9.87. The highest BCUT2D eigenvalue weighted by Gasteiger charge is 2.33. The van der Waals surface area contributed by atoms with Gasteiger partial charge in [-0.3, -0.25) is 4.79 Å². The van der Waals surface area contributed by atoms with Gasteiger partial charge in [-0.05, 0) is 79.4 Å². The molecule has 33 heavy (non-hydrogen) atoms. The Balaban J connectivity index is 1.44. The topological polar surface area (TPSA) is 37.3 Å². The van der Waals surface area contributed by atoms with Crippen LogP contribution in [0.2, 0.25) is 0 Å². The first-order valence-corrected chi connectivity index (χ1v) is 14.0. The summed E-state index contributed by atoms with van der Waals surface area (Å²) in [7, 11) is 0. The highest BCUT2D eigenvalue weighted by Crippen LogP contribution is 2.44. The smallest absolute Gasteiger partial charge is 0.310 e. The molecule has 0 bridgehead atoms. The molecule has 0 amide bonds. The standard InChI is InChI=1S/C30H47FO2/c1-3-5-6-7-9-22-10-14-24(15-11-22)25-16-12-23(13-17-25)20-28(30(32)33)27-19-18-26(8-4-2)29(31)21-27/h18-19,21-25,28H,3-17,20H2,1-2H3,(H,32,33). The third-order valence-electron chi connectivity index (χ3n) is 8.78. The summed E-state index contributed by atoms with van der Waals surface area (Å²) in [6.45, 7) is 4.32. The van der Waals surface area contributed by atoms with Crippen molar-refractivity contribution in [2.75, 3.05) is 0 Å². The average molecular weight is 459 g/mol. The molecule has 0 aromatic heterocycles. The molecule has 1 aromatic rings. The zero-order chi connectivity index (χ0) is 23.6. The van der Waals surface area contributed by atoms with Crippen LogP contribution in [0.5, 0.6) is 0 Å². The number of hydrogen-bond acceptors (Lipinski definition) is 1. The molecule has 186 valence electrons. The molecular formula is C30H47FO2. The summed E-state index contributed by atoms with van der Waals surface area (Å²) in [5.41, 5.74) is 1.33. The number of aliphatic carboxylic acids is 1. The van der Waals surface area contributed by atoms with Crippen LogP contribution in [-0.2, 0) is 11.2 Å². The van der Waals surface area contributed by atoms with Gasteiger partial charge in [-0.25, -0.2) is 4.39 Å². The Labute approximate surface area is 201 Å². The quantitative estimate of drug-likeness (QED) is 0.317. The number of carboxylic acids is 1. The molecule has 0 radical (unpaired) electrons. The van der Waals surface area contributed by atoms with Gasteiger partial charge in [0, 0.05) is 0 Å². The second-order valence-corrected chi connectivity index (χ2v) is 11.1. The molecular weight excluding hydrogens is 411 g/mol. The molecule has 2 saturated carbocycles. The second kappa shape index (κ2) is 13.5. The van der Waals surface area contributed by atoms with E-state index in [2.05, 4.69) is 6.92 Å². The van der Waals surface area contributed by atoms with Crippen LogP contribution in [-0.4, -0.2) is 11.1 Å². The van der Waals surface area contributed by atoms with Crippen molar-refractivity contribution in [2.24, 2.45) is 23.7 Å². The van der Waals surface area contributed by atoms with Gasteiger partial charge in [0.1, 0.15) is 5.82 Å². The number of unbranched alkanes of at least 4 members (excludes halogenated alkanes) is 3. The number of benzene rings is 1. The minimum atomic E-state index is -0.808. The lowest BCUT2D eigenvalue weighted by Crippen LogP contribution is -2.27. The summed E-state index contributed by atoms with van der Waals surface area (Å²) in [5.74, 6) is 1.53. The Kier molecular flexibility index (Phi) is 10.7. The lowest BCUT2D eigenvalue weighted by molar-refractivity contribution is -0.139. The van der Waals surface area contributed by atoms with Gasteiger partial charge in [0.2, 0.25) is 0 Å². The van der Waals surface area contributed by atoms with Crippen LogP contribution in [0.1, 0.15) is 127 Å². The molecule has 1 atom stereocenters. The minimum Gasteiger partial charge on any atom is -0.481 e. The number of carbonyl (C=O) groups is 1. The third kappa shape index (κ3) is 7.82. The molecule has 2 aliphatic rings. The van der Waals surface area contributed by atoms with Gasteiger partial charge in [-0.1, -0.05) is 90.2 Å². The highest BCUT2D eigenvalue weighted by molar-refractivity contribution is 5.76. The Morgan fingerprint density at radius 2 is 1.55 bits per heavy atom. The number of halogens is 1. The number of hydrogen-bond donors (Lipinski definition) is 1. The van der Waals surface area contributed by atoms with Crippen molar-refractivity contribution in [3.8, 4) is 0 Å². The Hall–Kier alpha value is -1.38. The lowest BCUT2D eigenvalue weighted by Gasteiger charge is -2.38. The molecule has 0 aliphatic heterocycles. The molecule has 0 saturated heterocycles. The predicted molar refractivity (Wildman–Crippen MR) is 135 cm³/mol. The van der Waals surface area contributed by atoms with Gasteiger partial charge in [-0.15, -0.1) is 0 Å². The average Bonchev–Trinajstić information content (AvgIpc) is 2.82. The fourth-order valence-electron chi connectivity index (χ4n) is 6.67. The van der Waals surface area contributed by atoms with Crippen LogP contribution < -0.4 is 0 Å². The molecule has 1 unspecified atom stereocenters. The van der Waals surface area contributed by atoms with Crippen LogP contribution in [0.3, 0.4) is 0 Å². The summed E-state index contributed by atoms with van der Waals surface area (Å²) in [4.78, 5) is 12.0. The fraction of sp³-hybridized carbons (Fsp3) is 0.767. The van der Waals surface area contributed by atoms with Gasteiger partial charge in [0.05, 0.1) is 5.92 Å². The Morgan fingerprint density at radius 3 is 2.09 bits per heavy atom. The molecule has 2 nitrogen and oxygen atoms in total. The van der Waals surface area contributed by atoms with Crippen LogP contribution in [0.15, 0.2) is 18.2 Å². The maximum Gasteiger partial charge on any atom is 0.310 e. The molecule has 0 spiro atoms. The van der Waals surface area contributed by atoms with Gasteiger partial charge >= 0.3 is 5.97 Å². The van der Waals surface area contributed by atoms with E-state index in [1.54, 1.807) is 6.07 Å². The monoisotopic (exact) mass is 458 g/mol. The van der Waals surface area contributed by atoms with Gasteiger partial charge in [-0.2, -0.15) is 0 Å². The van der Waals surface area contributed by atoms with Gasteiger partial charge < -0.3 is 5.11 Å². The van der Waals surface area contributed by atoms with E-state index in [1.165, 1.54) is 76.7 Å². The largest absolute Gasteiger partial charge is 0.481 e. The van der Waals surface area contributed by atoms with E-state index >= 15 is 0 Å². The van der Waals surface area contributed by atoms with E-state index in [0.29, 0.717) is 29.9 Å². The van der Waals surface area contributed by atoms with Crippen molar-refractivity contribution in [1.82, 2.24) is 0 Å². The first-order chi connectivity index (χ1) is 16.0. The number of rotatable bonds is 12. The summed E-state index contributed by atoms with van der Waals surface area (Å²) in [6, 6.07) is 5.12. The molecule has 1 N–H and O–H groups in total. The van der Waals surface area contributed by atoms with E-state index in [4.69, 9.17) is 0 Å². The van der Waals surface area contributed by atoms with Crippen LogP contribution in [0.4, 0.5) is 4.39 Å². The van der Waals surface area contributed by atoms with Crippen molar-refractivity contribution in [1.29, 1.82) is 0 Å². The molecule has 3 rings (SSSR count). The Bertz CT molecular complexity index is 714. The van der Waals surface area contributed by atoms with E-state index < -0.39 is 11.9 Å². The molecule has 0 heterocycles. The maximum absolute atomic E-state index is 14.4. The van der Waals surface area contributed by atoms with Crippen molar-refractivity contribution in [3.63, 3.8) is 0 Å². The molecule has 2 fully saturated rings. The highest BCUT2D eigenvalue weighted by atomic mass is 19.1. The third-order valence-corrected chi connectivity index (χ3v) is 8.78. The van der Waals surface area contributed by atoms with E-state index in [-0.39, 0.29) is 5.82 Å². The SMILES string of the molecule is CCCCCCC1CCC(C2CCC(CC(C(=O)O)c3ccc(CCC)c(F)c3)CC2)CC1. The molecule has 2 aliphatic carbocycles. The van der Waals surface area contributed by atoms with Crippen molar-refractivity contribution >= 4 is 5.97 Å². The van der Waals surface area contributed by atoms with Crippen molar-refractivity contribution < 1.29 is 14.3 Å². The molecule has 3 heteroatoms. The van der Waals surface area contributed by atoms with E-state index in [1.807, 2.05) is 13.0 Å². The van der Waals surface area contributed by atoms with Crippen LogP contribution in [0, 0.1) is 29.5 Å². The number of carboxylic acid groups (broad SMARTS) is 1. The predicted octanol–water partition coefficient (Wildman–Crippen LogP) is 8.92.